The Labute approximate surface area is 93.7 Å². The van der Waals surface area contributed by atoms with Crippen molar-refractivity contribution in [1.82, 2.24) is 0 Å². The molecule has 0 spiro atoms. The predicted octanol–water partition coefficient (Wildman–Crippen LogP) is 4.75. The molecule has 0 heterocycles. The normalized spacial score (nSPS) is 13.7. The van der Waals surface area contributed by atoms with E-state index in [1.807, 2.05) is 24.3 Å². The van der Waals surface area contributed by atoms with E-state index in [4.69, 9.17) is 0 Å². The first-order chi connectivity index (χ1) is 7.26. The van der Waals surface area contributed by atoms with Gasteiger partial charge in [0.25, 0.3) is 0 Å². The monoisotopic (exact) mass is 200 g/mol. The molecule has 0 unspecified atom stereocenters. The molecule has 0 radical (unpaired) electrons. The molecular weight excluding hydrogens is 180 g/mol. The second kappa shape index (κ2) is 9.01. The van der Waals surface area contributed by atoms with Crippen LogP contribution in [0, 0.1) is 0 Å². The Balaban J connectivity index is 4.65. The van der Waals surface area contributed by atoms with Crippen molar-refractivity contribution in [3.8, 4) is 0 Å². The van der Waals surface area contributed by atoms with E-state index in [2.05, 4.69) is 39.2 Å². The van der Waals surface area contributed by atoms with Gasteiger partial charge in [0.1, 0.15) is 0 Å². The topological polar surface area (TPSA) is 0 Å². The van der Waals surface area contributed by atoms with Crippen molar-refractivity contribution in [1.29, 1.82) is 0 Å². The molecule has 80 valence electrons. The molecule has 15 heavy (non-hydrogen) atoms. The van der Waals surface area contributed by atoms with Crippen LogP contribution in [-0.4, -0.2) is 0 Å². The van der Waals surface area contributed by atoms with E-state index in [0.29, 0.717) is 0 Å². The minimum Gasteiger partial charge on any atom is -0.0991 e. The zero-order valence-corrected chi connectivity index (χ0v) is 9.74. The van der Waals surface area contributed by atoms with Crippen LogP contribution in [0.25, 0.3) is 0 Å². The van der Waals surface area contributed by atoms with Crippen LogP contribution in [0.3, 0.4) is 0 Å². The molecule has 0 aliphatic rings. The lowest BCUT2D eigenvalue weighted by atomic mass is 10.0. The van der Waals surface area contributed by atoms with E-state index >= 15 is 0 Å². The van der Waals surface area contributed by atoms with E-state index in [-0.39, 0.29) is 0 Å². The van der Waals surface area contributed by atoms with Gasteiger partial charge < -0.3 is 0 Å². The molecule has 0 amide bonds. The van der Waals surface area contributed by atoms with Crippen LogP contribution in [0.2, 0.25) is 0 Å². The van der Waals surface area contributed by atoms with Crippen LogP contribution in [-0.2, 0) is 0 Å². The third-order valence-electron chi connectivity index (χ3n) is 2.03. The van der Waals surface area contributed by atoms with Crippen molar-refractivity contribution in [3.05, 3.63) is 72.9 Å². The zero-order valence-electron chi connectivity index (χ0n) is 9.74. The summed E-state index contributed by atoms with van der Waals surface area (Å²) in [6, 6.07) is 0. The average molecular weight is 200 g/mol. The molecule has 0 aliphatic heterocycles. The minimum atomic E-state index is 1.03. The maximum absolute atomic E-state index is 3.64. The Bertz CT molecular complexity index is 309. The highest BCUT2D eigenvalue weighted by Crippen LogP contribution is 2.13. The highest BCUT2D eigenvalue weighted by molar-refractivity contribution is 5.35. The molecule has 0 bridgehead atoms. The first kappa shape index (κ1) is 13.4. The molecular formula is C15H20. The van der Waals surface area contributed by atoms with Crippen LogP contribution in [0.5, 0.6) is 0 Å². The van der Waals surface area contributed by atoms with Gasteiger partial charge in [-0.1, -0.05) is 68.7 Å². The quantitative estimate of drug-likeness (QED) is 0.543. The summed E-state index contributed by atoms with van der Waals surface area (Å²) in [5.41, 5.74) is 2.62. The van der Waals surface area contributed by atoms with Crippen molar-refractivity contribution in [2.24, 2.45) is 0 Å². The first-order valence-corrected chi connectivity index (χ1v) is 5.20. The number of hydrogen-bond donors (Lipinski definition) is 0. The molecule has 0 aromatic carbocycles. The van der Waals surface area contributed by atoms with Crippen LogP contribution in [0.4, 0.5) is 0 Å². The van der Waals surface area contributed by atoms with Gasteiger partial charge in [0, 0.05) is 0 Å². The minimum absolute atomic E-state index is 1.03. The van der Waals surface area contributed by atoms with E-state index in [0.717, 1.165) is 6.42 Å². The van der Waals surface area contributed by atoms with E-state index < -0.39 is 0 Å². The molecule has 0 rings (SSSR count). The van der Waals surface area contributed by atoms with Crippen LogP contribution in [0.15, 0.2) is 72.9 Å². The van der Waals surface area contributed by atoms with Gasteiger partial charge in [0.2, 0.25) is 0 Å². The SMILES string of the molecule is C=C\C=C/C=C(C)/C(=C/C=C\C=C)CC. The Hall–Kier alpha value is -1.56. The smallest absolute Gasteiger partial charge is 0.0305 e. The maximum Gasteiger partial charge on any atom is -0.0305 e. The fraction of sp³-hybridized carbons (Fsp3) is 0.200. The lowest BCUT2D eigenvalue weighted by molar-refractivity contribution is 1.10. The molecule has 0 aliphatic carbocycles. The van der Waals surface area contributed by atoms with Gasteiger partial charge in [-0.05, 0) is 24.5 Å². The van der Waals surface area contributed by atoms with Gasteiger partial charge in [-0.2, -0.15) is 0 Å². The molecule has 0 aromatic rings. The average Bonchev–Trinajstić information content (AvgIpc) is 2.24. The number of allylic oxidation sites excluding steroid dienone is 10. The largest absolute Gasteiger partial charge is 0.0991 e. The predicted molar refractivity (Wildman–Crippen MR) is 70.8 cm³/mol. The van der Waals surface area contributed by atoms with Crippen LogP contribution >= 0.6 is 0 Å². The second-order valence-corrected chi connectivity index (χ2v) is 3.14. The van der Waals surface area contributed by atoms with E-state index in [1.165, 1.54) is 11.1 Å². The van der Waals surface area contributed by atoms with Crippen LogP contribution in [0.1, 0.15) is 20.3 Å². The molecule has 0 nitrogen and oxygen atoms in total. The molecule has 0 heteroatoms. The van der Waals surface area contributed by atoms with Crippen molar-refractivity contribution in [3.63, 3.8) is 0 Å². The summed E-state index contributed by atoms with van der Waals surface area (Å²) in [5.74, 6) is 0. The Morgan fingerprint density at radius 2 is 1.47 bits per heavy atom. The molecule has 0 N–H and O–H groups in total. The Morgan fingerprint density at radius 3 is 1.93 bits per heavy atom. The highest BCUT2D eigenvalue weighted by atomic mass is 14.0. The number of rotatable bonds is 6. The van der Waals surface area contributed by atoms with E-state index in [9.17, 15) is 0 Å². The summed E-state index contributed by atoms with van der Waals surface area (Å²) < 4.78 is 0. The van der Waals surface area contributed by atoms with Crippen molar-refractivity contribution in [2.45, 2.75) is 20.3 Å². The molecule has 0 saturated carbocycles. The molecule has 0 atom stereocenters. The van der Waals surface area contributed by atoms with Gasteiger partial charge in [-0.15, -0.1) is 0 Å². The fourth-order valence-electron chi connectivity index (χ4n) is 1.16. The zero-order chi connectivity index (χ0) is 11.5. The Kier molecular flexibility index (Phi) is 8.08. The van der Waals surface area contributed by atoms with Gasteiger partial charge in [0.05, 0.1) is 0 Å². The van der Waals surface area contributed by atoms with Crippen LogP contribution < -0.4 is 0 Å². The summed E-state index contributed by atoms with van der Waals surface area (Å²) in [7, 11) is 0. The third-order valence-corrected chi connectivity index (χ3v) is 2.03. The van der Waals surface area contributed by atoms with Gasteiger partial charge in [-0.3, -0.25) is 0 Å². The lowest BCUT2D eigenvalue weighted by Gasteiger charge is -2.02. The standard InChI is InChI=1S/C15H20/c1-5-8-10-12-14(4)15(7-3)13-11-9-6-2/h5-6,8-13H,1-2,7H2,3-4H3/b10-8-,11-9-,14-12+,15-13+. The number of hydrogen-bond acceptors (Lipinski definition) is 0. The molecule has 0 aromatic heterocycles. The summed E-state index contributed by atoms with van der Waals surface area (Å²) in [6.45, 7) is 11.5. The third kappa shape index (κ3) is 6.50. The van der Waals surface area contributed by atoms with Gasteiger partial charge in [-0.25, -0.2) is 0 Å². The summed E-state index contributed by atoms with van der Waals surface area (Å²) in [6.07, 6.45) is 16.7. The first-order valence-electron chi connectivity index (χ1n) is 5.20. The summed E-state index contributed by atoms with van der Waals surface area (Å²) >= 11 is 0. The lowest BCUT2D eigenvalue weighted by Crippen LogP contribution is -1.82. The second-order valence-electron chi connectivity index (χ2n) is 3.14. The Morgan fingerprint density at radius 1 is 0.933 bits per heavy atom. The summed E-state index contributed by atoms with van der Waals surface area (Å²) in [4.78, 5) is 0. The summed E-state index contributed by atoms with van der Waals surface area (Å²) in [5, 5.41) is 0. The highest BCUT2D eigenvalue weighted by Gasteiger charge is 1.93. The fourth-order valence-corrected chi connectivity index (χ4v) is 1.16. The van der Waals surface area contributed by atoms with Crippen molar-refractivity contribution >= 4 is 0 Å². The molecule has 0 saturated heterocycles. The van der Waals surface area contributed by atoms with Crippen molar-refractivity contribution in [2.75, 3.05) is 0 Å². The maximum atomic E-state index is 3.64. The van der Waals surface area contributed by atoms with Gasteiger partial charge in [0.15, 0.2) is 0 Å². The molecule has 0 fully saturated rings. The van der Waals surface area contributed by atoms with E-state index in [1.54, 1.807) is 12.2 Å². The van der Waals surface area contributed by atoms with Gasteiger partial charge >= 0.3 is 0 Å². The van der Waals surface area contributed by atoms with Crippen molar-refractivity contribution < 1.29 is 0 Å².